The molecule has 0 radical (unpaired) electrons. The summed E-state index contributed by atoms with van der Waals surface area (Å²) in [5.41, 5.74) is 2.42. The van der Waals surface area contributed by atoms with Gasteiger partial charge in [0.2, 0.25) is 0 Å². The number of ether oxygens (including phenoxy) is 15. The van der Waals surface area contributed by atoms with Gasteiger partial charge >= 0.3 is 41.5 Å². The van der Waals surface area contributed by atoms with Crippen LogP contribution >= 0.6 is 23.2 Å². The molecule has 86 heavy (non-hydrogen) atoms. The molecular weight excluding hydrogens is 1190 g/mol. The Morgan fingerprint density at radius 2 is 0.814 bits per heavy atom. The summed E-state index contributed by atoms with van der Waals surface area (Å²) in [6, 6.07) is 15.7. The van der Waals surface area contributed by atoms with Crippen molar-refractivity contribution in [3.8, 4) is 23.0 Å². The van der Waals surface area contributed by atoms with Crippen molar-refractivity contribution >= 4 is 80.0 Å². The van der Waals surface area contributed by atoms with E-state index in [0.29, 0.717) is 187 Å². The van der Waals surface area contributed by atoms with Crippen LogP contribution in [-0.2, 0) is 61.7 Å². The molecule has 0 unspecified atom stereocenters. The third-order valence-electron chi connectivity index (χ3n) is 10.9. The van der Waals surface area contributed by atoms with Gasteiger partial charge in [-0.25, -0.2) is 38.3 Å². The first kappa shape index (κ1) is 74.6. The molecule has 468 valence electrons. The second-order valence-electron chi connectivity index (χ2n) is 16.9. The van der Waals surface area contributed by atoms with Crippen molar-refractivity contribution in [3.63, 3.8) is 0 Å². The Morgan fingerprint density at radius 3 is 1.14 bits per heavy atom. The van der Waals surface area contributed by atoms with Crippen LogP contribution in [0.5, 0.6) is 23.0 Å². The molecule has 4 aromatic carbocycles. The van der Waals surface area contributed by atoms with Crippen molar-refractivity contribution in [2.75, 3.05) is 177 Å². The second kappa shape index (κ2) is 44.7. The summed E-state index contributed by atoms with van der Waals surface area (Å²) < 4.78 is 108. The van der Waals surface area contributed by atoms with E-state index in [1.807, 2.05) is 0 Å². The number of carboxylic acid groups (broad SMARTS) is 1. The maximum absolute atomic E-state index is 13.5. The molecule has 0 fully saturated rings. The number of nitrogens with one attached hydrogen (secondary N) is 2. The summed E-state index contributed by atoms with van der Waals surface area (Å²) >= 11 is 11.8. The van der Waals surface area contributed by atoms with E-state index in [9.17, 15) is 18.4 Å². The van der Waals surface area contributed by atoms with Crippen LogP contribution in [0.15, 0.2) is 73.3 Å². The summed E-state index contributed by atoms with van der Waals surface area (Å²) in [6.07, 6.45) is 2.83. The number of hydrogen-bond donors (Lipinski definition) is 3. The van der Waals surface area contributed by atoms with Crippen molar-refractivity contribution < 1.29 is 130 Å². The minimum absolute atomic E-state index is 0. The molecule has 0 amide bonds. The number of hydrogen-bond acceptors (Lipinski definition) is 24. The van der Waals surface area contributed by atoms with Crippen LogP contribution in [0.3, 0.4) is 0 Å². The molecule has 0 aliphatic rings. The van der Waals surface area contributed by atoms with Gasteiger partial charge in [-0.3, -0.25) is 0 Å². The molecule has 0 aliphatic carbocycles. The number of aromatic nitrogens is 4. The van der Waals surface area contributed by atoms with E-state index in [4.69, 9.17) is 99.4 Å². The smallest absolute Gasteiger partial charge is 0.870 e. The topological polar surface area (TPSA) is 298 Å². The van der Waals surface area contributed by atoms with E-state index in [1.165, 1.54) is 36.9 Å². The van der Waals surface area contributed by atoms with Crippen molar-refractivity contribution in [2.24, 2.45) is 0 Å². The number of fused-ring (bicyclic) bond motifs is 2. The average molecular weight is 1260 g/mol. The maximum atomic E-state index is 13.5. The fraction of sp³-hybridized carbons (Fsp3) is 0.464. The number of halogens is 4. The number of esters is 1. The Balaban J connectivity index is 0.000000440. The first-order valence-corrected chi connectivity index (χ1v) is 27.2. The Kier molecular flexibility index (Phi) is 38.7. The minimum Gasteiger partial charge on any atom is -0.870 e. The van der Waals surface area contributed by atoms with Crippen LogP contribution < -0.4 is 59.1 Å². The number of carbonyl (C=O) groups excluding carboxylic acids is 1. The number of benzene rings is 4. The zero-order valence-electron chi connectivity index (χ0n) is 48.3. The van der Waals surface area contributed by atoms with Gasteiger partial charge in [-0.05, 0) is 55.5 Å². The number of carboxylic acids is 1. The number of anilines is 4. The number of nitrogens with zero attached hydrogens (tertiary/aromatic N) is 4. The maximum Gasteiger partial charge on any atom is 1.00 e. The standard InChI is InChI=1S/C29H37ClFN3O9.C27H33ClFN3O9.Na.H2O/c1-3-42-28(35)19-41-13-12-39-9-8-37-6-7-38-10-11-40-14-15-43-27-17-22-25(18-26(27)36-2)32-20-33-29(22)34-21-4-5-24(31)23(30)16-21;1-35-24-16-23-20(27(31-18-30-23)32-19-2-3-22(29)21(28)14-19)15-25(24)41-13-12-39-9-8-37-5-4-36-6-7-38-10-11-40-17-26(33)34;;/h4-5,16-18,20H,3,6-15,19H2,1-2H3,(H,32,33,34);2-3,14-16,18H,4-13,17H2,1H3,(H,33,34)(H,30,31,32);;1H2/q;;+1;/p-1. The van der Waals surface area contributed by atoms with Crippen molar-refractivity contribution in [2.45, 2.75) is 6.92 Å². The molecule has 25 nitrogen and oxygen atoms in total. The van der Waals surface area contributed by atoms with Gasteiger partial charge in [-0.1, -0.05) is 23.2 Å². The third-order valence-corrected chi connectivity index (χ3v) is 11.5. The summed E-state index contributed by atoms with van der Waals surface area (Å²) in [5.74, 6) is 0.594. The van der Waals surface area contributed by atoms with Crippen molar-refractivity contribution in [3.05, 3.63) is 95.0 Å². The molecule has 0 saturated carbocycles. The van der Waals surface area contributed by atoms with Gasteiger partial charge in [0.1, 0.15) is 62.4 Å². The predicted molar refractivity (Wildman–Crippen MR) is 307 cm³/mol. The molecule has 0 bridgehead atoms. The summed E-state index contributed by atoms with van der Waals surface area (Å²) in [4.78, 5) is 38.6. The van der Waals surface area contributed by atoms with Crippen LogP contribution in [0.1, 0.15) is 6.92 Å². The van der Waals surface area contributed by atoms with Crippen molar-refractivity contribution in [1.82, 2.24) is 19.9 Å². The Bertz CT molecular complexity index is 2900. The zero-order valence-corrected chi connectivity index (χ0v) is 51.8. The SMILES string of the molecule is CCOC(=O)COCCOCCOCCOCCOCCOc1cc2c(Nc3ccc(F)c(Cl)c3)ncnc2cc1OC.COc1cc2ncnc(Nc3ccc(F)c(Cl)c3)c2cc1OCCOCCOCCOCCOCCOCC(=O)O.[Na+].[OH-]. The fourth-order valence-corrected chi connectivity index (χ4v) is 7.35. The zero-order chi connectivity index (χ0) is 60.0. The van der Waals surface area contributed by atoms with Crippen LogP contribution in [-0.4, -0.2) is 209 Å². The molecular formula is C56H71Cl2F2N6NaO19. The predicted octanol–water partition coefficient (Wildman–Crippen LogP) is 4.75. The molecule has 30 heteroatoms. The fourth-order valence-electron chi connectivity index (χ4n) is 6.99. The molecule has 4 N–H and O–H groups in total. The third kappa shape index (κ3) is 28.9. The van der Waals surface area contributed by atoms with E-state index in [1.54, 1.807) is 57.5 Å². The van der Waals surface area contributed by atoms with Gasteiger partial charge in [-0.15, -0.1) is 0 Å². The van der Waals surface area contributed by atoms with Gasteiger partial charge in [0.25, 0.3) is 0 Å². The van der Waals surface area contributed by atoms with E-state index >= 15 is 0 Å². The number of methoxy groups -OCH3 is 2. The van der Waals surface area contributed by atoms with Crippen LogP contribution in [0.25, 0.3) is 21.8 Å². The molecule has 2 aromatic heterocycles. The minimum atomic E-state index is -1.01. The Hall–Kier alpha value is -5.70. The second-order valence-corrected chi connectivity index (χ2v) is 17.7. The van der Waals surface area contributed by atoms with Gasteiger partial charge in [0.05, 0.1) is 161 Å². The Morgan fingerprint density at radius 1 is 0.477 bits per heavy atom. The normalized spacial score (nSPS) is 10.8. The van der Waals surface area contributed by atoms with E-state index in [2.05, 4.69) is 30.6 Å². The monoisotopic (exact) mass is 1260 g/mol. The molecule has 0 spiro atoms. The molecule has 0 atom stereocenters. The summed E-state index contributed by atoms with van der Waals surface area (Å²) in [7, 11) is 3.09. The van der Waals surface area contributed by atoms with Crippen LogP contribution in [0.2, 0.25) is 10.0 Å². The largest absolute Gasteiger partial charge is 1.00 e. The van der Waals surface area contributed by atoms with Gasteiger partial charge in [-0.2, -0.15) is 0 Å². The quantitative estimate of drug-likeness (QED) is 0.0264. The first-order valence-electron chi connectivity index (χ1n) is 26.5. The van der Waals surface area contributed by atoms with Gasteiger partial charge < -0.3 is 92.3 Å². The molecule has 6 aromatic rings. The van der Waals surface area contributed by atoms with E-state index < -0.39 is 17.6 Å². The molecule has 2 heterocycles. The molecule has 6 rings (SSSR count). The van der Waals surface area contributed by atoms with Crippen molar-refractivity contribution in [1.29, 1.82) is 0 Å². The van der Waals surface area contributed by atoms with Crippen LogP contribution in [0.4, 0.5) is 31.8 Å². The van der Waals surface area contributed by atoms with Gasteiger partial charge in [0, 0.05) is 34.3 Å². The number of rotatable bonds is 43. The average Bonchev–Trinajstić information content (AvgIpc) is 3.69. The first-order chi connectivity index (χ1) is 41.0. The summed E-state index contributed by atoms with van der Waals surface area (Å²) in [5, 5.41) is 16.1. The van der Waals surface area contributed by atoms with Gasteiger partial charge in [0.15, 0.2) is 23.0 Å². The number of aliphatic carboxylic acids is 1. The Labute approximate surface area is 528 Å². The van der Waals surface area contributed by atoms with Crippen LogP contribution in [0, 0.1) is 11.6 Å². The molecule has 0 aliphatic heterocycles. The molecule has 0 saturated heterocycles. The summed E-state index contributed by atoms with van der Waals surface area (Å²) in [6.45, 7) is 9.03. The van der Waals surface area contributed by atoms with E-state index in [0.717, 1.165) is 0 Å². The number of carbonyl (C=O) groups is 2. The van der Waals surface area contributed by atoms with E-state index in [-0.39, 0.29) is 84.1 Å².